The quantitative estimate of drug-likeness (QED) is 0.528. The van der Waals surface area contributed by atoms with E-state index in [4.69, 9.17) is 4.74 Å². The molecule has 0 radical (unpaired) electrons. The zero-order chi connectivity index (χ0) is 18.4. The van der Waals surface area contributed by atoms with Crippen molar-refractivity contribution in [1.82, 2.24) is 0 Å². The molecule has 0 fully saturated rings. The van der Waals surface area contributed by atoms with E-state index in [1.165, 1.54) is 11.3 Å². The molecule has 1 heterocycles. The van der Waals surface area contributed by atoms with Crippen LogP contribution in [-0.4, -0.2) is 24.3 Å². The molecule has 1 aromatic heterocycles. The van der Waals surface area contributed by atoms with Crippen molar-refractivity contribution < 1.29 is 19.1 Å². The van der Waals surface area contributed by atoms with Gasteiger partial charge in [-0.2, -0.15) is 0 Å². The summed E-state index contributed by atoms with van der Waals surface area (Å²) in [5, 5.41) is 4.48. The predicted octanol–water partition coefficient (Wildman–Crippen LogP) is 4.04. The zero-order valence-corrected chi connectivity index (χ0v) is 14.5. The standard InChI is InChI=1S/C20H15NO4S/c22-17(18-11-6-12-26-18)13-25-20(24)15-9-4-5-10-16(15)21-19(23)14-7-2-1-3-8-14/h1-12H,13H2,(H,21,23). The smallest absolute Gasteiger partial charge is 0.340 e. The number of nitrogens with one attached hydrogen (secondary N) is 1. The third-order valence-corrected chi connectivity index (χ3v) is 4.47. The van der Waals surface area contributed by atoms with Crippen LogP contribution >= 0.6 is 11.3 Å². The van der Waals surface area contributed by atoms with Crippen molar-refractivity contribution in [1.29, 1.82) is 0 Å². The maximum Gasteiger partial charge on any atom is 0.340 e. The number of amides is 1. The van der Waals surface area contributed by atoms with Crippen LogP contribution in [0.4, 0.5) is 5.69 Å². The normalized spacial score (nSPS) is 10.2. The van der Waals surface area contributed by atoms with E-state index in [9.17, 15) is 14.4 Å². The van der Waals surface area contributed by atoms with Gasteiger partial charge in [0.05, 0.1) is 16.1 Å². The molecule has 2 aromatic carbocycles. The maximum atomic E-state index is 12.3. The summed E-state index contributed by atoms with van der Waals surface area (Å²) in [6.07, 6.45) is 0. The van der Waals surface area contributed by atoms with Crippen molar-refractivity contribution in [3.63, 3.8) is 0 Å². The van der Waals surface area contributed by atoms with Crippen LogP contribution in [-0.2, 0) is 4.74 Å². The number of esters is 1. The molecule has 6 heteroatoms. The largest absolute Gasteiger partial charge is 0.454 e. The molecule has 0 atom stereocenters. The van der Waals surface area contributed by atoms with Gasteiger partial charge in [-0.05, 0) is 35.7 Å². The minimum Gasteiger partial charge on any atom is -0.454 e. The summed E-state index contributed by atoms with van der Waals surface area (Å²) in [5.74, 6) is -1.27. The van der Waals surface area contributed by atoms with Crippen LogP contribution in [0, 0.1) is 0 Å². The summed E-state index contributed by atoms with van der Waals surface area (Å²) in [6.45, 7) is -0.347. The van der Waals surface area contributed by atoms with Gasteiger partial charge in [0.15, 0.2) is 6.61 Å². The average molecular weight is 365 g/mol. The van der Waals surface area contributed by atoms with Gasteiger partial charge in [-0.3, -0.25) is 9.59 Å². The number of anilines is 1. The van der Waals surface area contributed by atoms with Crippen molar-refractivity contribution >= 4 is 34.7 Å². The van der Waals surface area contributed by atoms with Crippen LogP contribution in [0.15, 0.2) is 72.1 Å². The van der Waals surface area contributed by atoms with E-state index in [-0.39, 0.29) is 23.9 Å². The number of hydrogen-bond acceptors (Lipinski definition) is 5. The number of thiophene rings is 1. The van der Waals surface area contributed by atoms with E-state index in [0.717, 1.165) is 0 Å². The van der Waals surface area contributed by atoms with Gasteiger partial charge in [-0.1, -0.05) is 36.4 Å². The number of carbonyl (C=O) groups excluding carboxylic acids is 3. The number of rotatable bonds is 6. The first-order valence-electron chi connectivity index (χ1n) is 7.84. The number of ether oxygens (including phenoxy) is 1. The van der Waals surface area contributed by atoms with Gasteiger partial charge in [0, 0.05) is 5.56 Å². The summed E-state index contributed by atoms with van der Waals surface area (Å²) in [6, 6.07) is 18.6. The van der Waals surface area contributed by atoms with Gasteiger partial charge >= 0.3 is 5.97 Å². The Bertz CT molecular complexity index is 920. The predicted molar refractivity (Wildman–Crippen MR) is 99.8 cm³/mol. The van der Waals surface area contributed by atoms with Crippen molar-refractivity contribution in [3.05, 3.63) is 88.1 Å². The van der Waals surface area contributed by atoms with E-state index < -0.39 is 5.97 Å². The molecule has 3 aromatic rings. The highest BCUT2D eigenvalue weighted by Crippen LogP contribution is 2.18. The van der Waals surface area contributed by atoms with Gasteiger partial charge in [0.25, 0.3) is 5.91 Å². The van der Waals surface area contributed by atoms with E-state index in [0.29, 0.717) is 16.1 Å². The Balaban J connectivity index is 1.69. The highest BCUT2D eigenvalue weighted by molar-refractivity contribution is 7.12. The molecule has 0 unspecified atom stereocenters. The van der Waals surface area contributed by atoms with Gasteiger partial charge in [-0.15, -0.1) is 11.3 Å². The molecular weight excluding hydrogens is 350 g/mol. The Kier molecular flexibility index (Phi) is 5.56. The van der Waals surface area contributed by atoms with Crippen LogP contribution < -0.4 is 5.32 Å². The minimum absolute atomic E-state index is 0.191. The van der Waals surface area contributed by atoms with Crippen LogP contribution in [0.25, 0.3) is 0 Å². The SMILES string of the molecule is O=C(Nc1ccccc1C(=O)OCC(=O)c1cccs1)c1ccccc1. The molecule has 1 N–H and O–H groups in total. The van der Waals surface area contributed by atoms with E-state index >= 15 is 0 Å². The van der Waals surface area contributed by atoms with E-state index in [2.05, 4.69) is 5.32 Å². The molecule has 0 spiro atoms. The first-order valence-corrected chi connectivity index (χ1v) is 8.72. The summed E-state index contributed by atoms with van der Waals surface area (Å²) < 4.78 is 5.11. The van der Waals surface area contributed by atoms with Crippen molar-refractivity contribution in [2.24, 2.45) is 0 Å². The summed E-state index contributed by atoms with van der Waals surface area (Å²) in [5.41, 5.74) is 0.995. The van der Waals surface area contributed by atoms with Gasteiger partial charge in [0.2, 0.25) is 5.78 Å². The number of ketones is 1. The van der Waals surface area contributed by atoms with Gasteiger partial charge in [-0.25, -0.2) is 4.79 Å². The molecule has 0 aliphatic heterocycles. The number of benzene rings is 2. The first-order chi connectivity index (χ1) is 12.6. The summed E-state index contributed by atoms with van der Waals surface area (Å²) in [4.78, 5) is 37.1. The molecule has 0 aliphatic carbocycles. The average Bonchev–Trinajstić information content (AvgIpc) is 3.22. The molecule has 0 aliphatic rings. The Morgan fingerprint density at radius 1 is 0.885 bits per heavy atom. The van der Waals surface area contributed by atoms with E-state index in [1.54, 1.807) is 66.0 Å². The van der Waals surface area contributed by atoms with Gasteiger partial charge in [0.1, 0.15) is 0 Å². The highest BCUT2D eigenvalue weighted by atomic mass is 32.1. The molecule has 0 saturated carbocycles. The third kappa shape index (κ3) is 4.23. The summed E-state index contributed by atoms with van der Waals surface area (Å²) in [7, 11) is 0. The molecule has 5 nitrogen and oxygen atoms in total. The fourth-order valence-corrected chi connectivity index (χ4v) is 2.92. The third-order valence-electron chi connectivity index (χ3n) is 3.56. The topological polar surface area (TPSA) is 72.5 Å². The molecule has 1 amide bonds. The Hall–Kier alpha value is -3.25. The number of para-hydroxylation sites is 1. The second-order valence-electron chi connectivity index (χ2n) is 5.34. The second kappa shape index (κ2) is 8.22. The van der Waals surface area contributed by atoms with Gasteiger partial charge < -0.3 is 10.1 Å². The fourth-order valence-electron chi connectivity index (χ4n) is 2.27. The molecule has 26 heavy (non-hydrogen) atoms. The number of carbonyl (C=O) groups is 3. The second-order valence-corrected chi connectivity index (χ2v) is 6.29. The van der Waals surface area contributed by atoms with Crippen LogP contribution in [0.5, 0.6) is 0 Å². The van der Waals surface area contributed by atoms with Crippen molar-refractivity contribution in [2.75, 3.05) is 11.9 Å². The lowest BCUT2D eigenvalue weighted by Crippen LogP contribution is -2.17. The fraction of sp³-hybridized carbons (Fsp3) is 0.0500. The molecule has 0 bridgehead atoms. The monoisotopic (exact) mass is 365 g/mol. The van der Waals surface area contributed by atoms with Crippen molar-refractivity contribution in [3.8, 4) is 0 Å². The maximum absolute atomic E-state index is 12.3. The number of Topliss-reactive ketones (excluding diaryl/α,β-unsaturated/α-hetero) is 1. The van der Waals surface area contributed by atoms with Crippen LogP contribution in [0.3, 0.4) is 0 Å². The minimum atomic E-state index is -0.668. The summed E-state index contributed by atoms with van der Waals surface area (Å²) >= 11 is 1.29. The lowest BCUT2D eigenvalue weighted by molar-refractivity contribution is 0.0477. The highest BCUT2D eigenvalue weighted by Gasteiger charge is 2.17. The Morgan fingerprint density at radius 3 is 2.35 bits per heavy atom. The zero-order valence-electron chi connectivity index (χ0n) is 13.7. The Labute approximate surface area is 154 Å². The first kappa shape index (κ1) is 17.6. The van der Waals surface area contributed by atoms with Crippen LogP contribution in [0.2, 0.25) is 0 Å². The van der Waals surface area contributed by atoms with Crippen molar-refractivity contribution in [2.45, 2.75) is 0 Å². The van der Waals surface area contributed by atoms with E-state index in [1.807, 2.05) is 6.07 Å². The lowest BCUT2D eigenvalue weighted by Gasteiger charge is -2.10. The van der Waals surface area contributed by atoms with Crippen LogP contribution in [0.1, 0.15) is 30.4 Å². The molecule has 0 saturated heterocycles. The lowest BCUT2D eigenvalue weighted by atomic mass is 10.1. The number of hydrogen-bond donors (Lipinski definition) is 1. The molecular formula is C20H15NO4S. The molecule has 3 rings (SSSR count). The Morgan fingerprint density at radius 2 is 1.62 bits per heavy atom. The molecule has 130 valence electrons.